The van der Waals surface area contributed by atoms with Crippen LogP contribution in [0.15, 0.2) is 12.1 Å². The van der Waals surface area contributed by atoms with Gasteiger partial charge in [-0.05, 0) is 32.9 Å². The number of amides is 1. The Bertz CT molecular complexity index is 552. The molecule has 2 fully saturated rings. The molecule has 7 heteroatoms. The highest BCUT2D eigenvalue weighted by Gasteiger charge is 2.40. The molecular formula is C16H24N4O3. The highest BCUT2D eigenvalue weighted by Crippen LogP contribution is 2.32. The number of nitrogens with zero attached hydrogens (tertiary/aromatic N) is 3. The Labute approximate surface area is 136 Å². The van der Waals surface area contributed by atoms with E-state index >= 15 is 0 Å². The third-order valence-electron chi connectivity index (χ3n) is 4.03. The number of nitrogens with one attached hydrogen (secondary N) is 1. The van der Waals surface area contributed by atoms with Gasteiger partial charge in [-0.1, -0.05) is 0 Å². The maximum Gasteiger partial charge on any atom is 0.272 e. The molecule has 1 aromatic heterocycles. The van der Waals surface area contributed by atoms with Gasteiger partial charge >= 0.3 is 0 Å². The van der Waals surface area contributed by atoms with E-state index in [0.717, 1.165) is 31.7 Å². The molecule has 0 bridgehead atoms. The monoisotopic (exact) mass is 320 g/mol. The normalized spacial score (nSPS) is 20.7. The summed E-state index contributed by atoms with van der Waals surface area (Å²) in [7, 11) is 0. The predicted octanol–water partition coefficient (Wildman–Crippen LogP) is 1.35. The molecule has 0 radical (unpaired) electrons. The van der Waals surface area contributed by atoms with E-state index in [1.54, 1.807) is 6.07 Å². The Morgan fingerprint density at radius 3 is 2.35 bits per heavy atom. The first-order valence-corrected chi connectivity index (χ1v) is 8.06. The van der Waals surface area contributed by atoms with Crippen molar-refractivity contribution in [3.8, 4) is 0 Å². The standard InChI is InChI=1S/C16H24N4O3/c1-15(2,3)17-14(21)12-4-5-13(19-18-12)20-8-6-16(7-9-20)22-10-11-23-16/h4-5H,6-11H2,1-3H3,(H,17,21). The Morgan fingerprint density at radius 1 is 1.17 bits per heavy atom. The molecule has 23 heavy (non-hydrogen) atoms. The Morgan fingerprint density at radius 2 is 1.83 bits per heavy atom. The van der Waals surface area contributed by atoms with Crippen molar-refractivity contribution in [2.45, 2.75) is 44.9 Å². The van der Waals surface area contributed by atoms with Crippen molar-refractivity contribution in [3.05, 3.63) is 17.8 Å². The van der Waals surface area contributed by atoms with Gasteiger partial charge in [0.15, 0.2) is 17.3 Å². The van der Waals surface area contributed by atoms with Gasteiger partial charge < -0.3 is 19.7 Å². The van der Waals surface area contributed by atoms with Gasteiger partial charge in [-0.15, -0.1) is 10.2 Å². The fraction of sp³-hybridized carbons (Fsp3) is 0.688. The Balaban J connectivity index is 1.61. The lowest BCUT2D eigenvalue weighted by Gasteiger charge is -2.37. The van der Waals surface area contributed by atoms with E-state index in [2.05, 4.69) is 20.4 Å². The molecule has 0 unspecified atom stereocenters. The van der Waals surface area contributed by atoms with Crippen LogP contribution >= 0.6 is 0 Å². The lowest BCUT2D eigenvalue weighted by Crippen LogP contribution is -2.45. The van der Waals surface area contributed by atoms with Crippen molar-refractivity contribution in [2.75, 3.05) is 31.2 Å². The van der Waals surface area contributed by atoms with Crippen molar-refractivity contribution in [1.82, 2.24) is 15.5 Å². The van der Waals surface area contributed by atoms with Gasteiger partial charge in [0.05, 0.1) is 13.2 Å². The molecule has 3 heterocycles. The summed E-state index contributed by atoms with van der Waals surface area (Å²) in [6.07, 6.45) is 1.64. The van der Waals surface area contributed by atoms with Crippen molar-refractivity contribution in [1.29, 1.82) is 0 Å². The van der Waals surface area contributed by atoms with Crippen LogP contribution in [0, 0.1) is 0 Å². The second kappa shape index (κ2) is 6.05. The zero-order chi connectivity index (χ0) is 16.5. The first kappa shape index (κ1) is 16.1. The van der Waals surface area contributed by atoms with Crippen LogP contribution in [0.2, 0.25) is 0 Å². The molecule has 1 aromatic rings. The molecule has 2 saturated heterocycles. The summed E-state index contributed by atoms with van der Waals surface area (Å²) < 4.78 is 11.4. The molecule has 1 N–H and O–H groups in total. The minimum Gasteiger partial charge on any atom is -0.355 e. The SMILES string of the molecule is CC(C)(C)NC(=O)c1ccc(N2CCC3(CC2)OCCO3)nn1. The summed E-state index contributed by atoms with van der Waals surface area (Å²) in [5.41, 5.74) is 0.0412. The number of aromatic nitrogens is 2. The van der Waals surface area contributed by atoms with Gasteiger partial charge in [0.25, 0.3) is 5.91 Å². The summed E-state index contributed by atoms with van der Waals surface area (Å²) in [6.45, 7) is 8.77. The summed E-state index contributed by atoms with van der Waals surface area (Å²) in [5, 5.41) is 11.1. The third kappa shape index (κ3) is 3.79. The second-order valence-electron chi connectivity index (χ2n) is 7.08. The first-order chi connectivity index (χ1) is 10.9. The molecule has 0 aliphatic carbocycles. The third-order valence-corrected chi connectivity index (χ3v) is 4.03. The van der Waals surface area contributed by atoms with E-state index in [1.807, 2.05) is 26.8 Å². The lowest BCUT2D eigenvalue weighted by atomic mass is 10.0. The van der Waals surface area contributed by atoms with Crippen LogP contribution in [0.25, 0.3) is 0 Å². The van der Waals surface area contributed by atoms with Crippen molar-refractivity contribution >= 4 is 11.7 Å². The fourth-order valence-corrected chi connectivity index (χ4v) is 2.88. The van der Waals surface area contributed by atoms with Crippen molar-refractivity contribution < 1.29 is 14.3 Å². The van der Waals surface area contributed by atoms with Crippen LogP contribution in [-0.4, -0.2) is 53.7 Å². The number of rotatable bonds is 2. The molecule has 1 spiro atoms. The van der Waals surface area contributed by atoms with Gasteiger partial charge in [-0.2, -0.15) is 0 Å². The van der Waals surface area contributed by atoms with E-state index < -0.39 is 5.79 Å². The Kier molecular flexibility index (Phi) is 4.25. The molecule has 2 aliphatic rings. The Hall–Kier alpha value is -1.73. The average molecular weight is 320 g/mol. The van der Waals surface area contributed by atoms with E-state index in [1.165, 1.54) is 0 Å². The summed E-state index contributed by atoms with van der Waals surface area (Å²) >= 11 is 0. The number of carbonyl (C=O) groups is 1. The van der Waals surface area contributed by atoms with Gasteiger partial charge in [-0.3, -0.25) is 4.79 Å². The number of ether oxygens (including phenoxy) is 2. The second-order valence-corrected chi connectivity index (χ2v) is 7.08. The van der Waals surface area contributed by atoms with Crippen LogP contribution in [0.1, 0.15) is 44.1 Å². The van der Waals surface area contributed by atoms with E-state index in [0.29, 0.717) is 18.9 Å². The fourth-order valence-electron chi connectivity index (χ4n) is 2.88. The molecular weight excluding hydrogens is 296 g/mol. The molecule has 0 atom stereocenters. The molecule has 126 valence electrons. The number of anilines is 1. The number of carbonyl (C=O) groups excluding carboxylic acids is 1. The minimum atomic E-state index is -0.392. The highest BCUT2D eigenvalue weighted by molar-refractivity contribution is 5.92. The molecule has 2 aliphatic heterocycles. The van der Waals surface area contributed by atoms with Crippen LogP contribution in [-0.2, 0) is 9.47 Å². The molecule has 7 nitrogen and oxygen atoms in total. The van der Waals surface area contributed by atoms with Gasteiger partial charge in [-0.25, -0.2) is 0 Å². The molecule has 0 saturated carbocycles. The maximum atomic E-state index is 12.1. The van der Waals surface area contributed by atoms with Crippen LogP contribution in [0.4, 0.5) is 5.82 Å². The van der Waals surface area contributed by atoms with Crippen molar-refractivity contribution in [3.63, 3.8) is 0 Å². The zero-order valence-corrected chi connectivity index (χ0v) is 14.0. The van der Waals surface area contributed by atoms with Gasteiger partial charge in [0.1, 0.15) is 0 Å². The maximum absolute atomic E-state index is 12.1. The number of hydrogen-bond acceptors (Lipinski definition) is 6. The largest absolute Gasteiger partial charge is 0.355 e. The zero-order valence-electron chi connectivity index (χ0n) is 14.0. The van der Waals surface area contributed by atoms with Gasteiger partial charge in [0, 0.05) is 31.5 Å². The quantitative estimate of drug-likeness (QED) is 0.886. The van der Waals surface area contributed by atoms with Crippen LogP contribution in [0.3, 0.4) is 0 Å². The smallest absolute Gasteiger partial charge is 0.272 e. The van der Waals surface area contributed by atoms with Crippen LogP contribution < -0.4 is 10.2 Å². The van der Waals surface area contributed by atoms with E-state index in [4.69, 9.17) is 9.47 Å². The number of hydrogen-bond donors (Lipinski definition) is 1. The first-order valence-electron chi connectivity index (χ1n) is 8.06. The van der Waals surface area contributed by atoms with E-state index in [-0.39, 0.29) is 11.4 Å². The predicted molar refractivity (Wildman–Crippen MR) is 85.3 cm³/mol. The summed E-state index contributed by atoms with van der Waals surface area (Å²) in [5.74, 6) is 0.184. The topological polar surface area (TPSA) is 76.6 Å². The van der Waals surface area contributed by atoms with Crippen molar-refractivity contribution in [2.24, 2.45) is 0 Å². The van der Waals surface area contributed by atoms with E-state index in [9.17, 15) is 4.79 Å². The summed E-state index contributed by atoms with van der Waals surface area (Å²) in [6, 6.07) is 3.56. The minimum absolute atomic E-state index is 0.207. The van der Waals surface area contributed by atoms with Gasteiger partial charge in [0.2, 0.25) is 0 Å². The molecule has 3 rings (SSSR count). The lowest BCUT2D eigenvalue weighted by molar-refractivity contribution is -0.169. The highest BCUT2D eigenvalue weighted by atomic mass is 16.7. The number of piperidine rings is 1. The average Bonchev–Trinajstić information content (AvgIpc) is 2.95. The molecule has 0 aromatic carbocycles. The molecule has 1 amide bonds. The summed E-state index contributed by atoms with van der Waals surface area (Å²) in [4.78, 5) is 14.2. The van der Waals surface area contributed by atoms with Crippen LogP contribution in [0.5, 0.6) is 0 Å².